The van der Waals surface area contributed by atoms with E-state index in [0.29, 0.717) is 36.9 Å². The highest BCUT2D eigenvalue weighted by atomic mass is 35.5. The standard InChI is InChI=1S/C26H37Cl3FN3O2S/c1-2-3-4-5-6-7-8-9-10-13-20-36-26(24(33(34)35)23(27)25(28)29)32-18-16-31(17-19-32)22-15-12-11-14-21(22)30/h11-12,14-15H,2-10,13,16-20H2,1H3/b26-24-. The molecule has 1 aliphatic rings. The van der Waals surface area contributed by atoms with Crippen LogP contribution in [0.25, 0.3) is 0 Å². The van der Waals surface area contributed by atoms with Crippen molar-refractivity contribution in [1.29, 1.82) is 0 Å². The Morgan fingerprint density at radius 3 is 2.03 bits per heavy atom. The van der Waals surface area contributed by atoms with E-state index in [2.05, 4.69) is 6.92 Å². The number of thioether (sulfide) groups is 1. The van der Waals surface area contributed by atoms with Crippen LogP contribution >= 0.6 is 46.6 Å². The molecule has 0 spiro atoms. The van der Waals surface area contributed by atoms with Crippen molar-refractivity contribution < 1.29 is 9.31 Å². The summed E-state index contributed by atoms with van der Waals surface area (Å²) < 4.78 is 13.9. The van der Waals surface area contributed by atoms with Crippen LogP contribution in [-0.2, 0) is 0 Å². The van der Waals surface area contributed by atoms with E-state index >= 15 is 0 Å². The smallest absolute Gasteiger partial charge is 0.319 e. The number of nitrogens with zero attached hydrogens (tertiary/aromatic N) is 3. The van der Waals surface area contributed by atoms with Gasteiger partial charge in [-0.05, 0) is 24.3 Å². The summed E-state index contributed by atoms with van der Waals surface area (Å²) >= 11 is 19.3. The number of hydrogen-bond donors (Lipinski definition) is 0. The molecule has 0 N–H and O–H groups in total. The molecule has 0 aromatic heterocycles. The Labute approximate surface area is 234 Å². The molecule has 36 heavy (non-hydrogen) atoms. The third-order valence-corrected chi connectivity index (χ3v) is 8.41. The highest BCUT2D eigenvalue weighted by molar-refractivity contribution is 8.03. The van der Waals surface area contributed by atoms with Gasteiger partial charge in [0.1, 0.15) is 10.3 Å². The Bertz CT molecular complexity index is 889. The van der Waals surface area contributed by atoms with Crippen LogP contribution in [0.3, 0.4) is 0 Å². The molecule has 1 aliphatic heterocycles. The molecular weight excluding hydrogens is 544 g/mol. The van der Waals surface area contributed by atoms with Crippen LogP contribution in [0.5, 0.6) is 0 Å². The highest BCUT2D eigenvalue weighted by Gasteiger charge is 2.31. The first kappa shape index (κ1) is 31.1. The van der Waals surface area contributed by atoms with E-state index in [4.69, 9.17) is 34.8 Å². The fraction of sp³-hybridized carbons (Fsp3) is 0.615. The summed E-state index contributed by atoms with van der Waals surface area (Å²) in [7, 11) is 0. The number of anilines is 1. The summed E-state index contributed by atoms with van der Waals surface area (Å²) in [4.78, 5) is 15.3. The number of para-hydroxylation sites is 1. The number of halogens is 4. The van der Waals surface area contributed by atoms with Gasteiger partial charge in [-0.2, -0.15) is 0 Å². The van der Waals surface area contributed by atoms with Gasteiger partial charge in [0.15, 0.2) is 10.1 Å². The third-order valence-electron chi connectivity index (χ3n) is 6.26. The molecule has 0 amide bonds. The van der Waals surface area contributed by atoms with Crippen molar-refractivity contribution in [2.75, 3.05) is 36.8 Å². The molecule has 0 radical (unpaired) electrons. The molecule has 1 aromatic carbocycles. The van der Waals surface area contributed by atoms with Crippen LogP contribution in [0.1, 0.15) is 71.1 Å². The first-order chi connectivity index (χ1) is 17.4. The molecule has 1 aromatic rings. The fourth-order valence-electron chi connectivity index (χ4n) is 4.27. The number of unbranched alkanes of at least 4 members (excludes halogenated alkanes) is 9. The maximum Gasteiger partial charge on any atom is 0.319 e. The quantitative estimate of drug-likeness (QED) is 0.0845. The first-order valence-electron chi connectivity index (χ1n) is 12.8. The molecule has 202 valence electrons. The van der Waals surface area contributed by atoms with Gasteiger partial charge in [-0.25, -0.2) is 4.39 Å². The van der Waals surface area contributed by atoms with Gasteiger partial charge in [-0.1, -0.05) is 112 Å². The lowest BCUT2D eigenvalue weighted by atomic mass is 10.1. The van der Waals surface area contributed by atoms with Crippen LogP contribution in [0, 0.1) is 15.9 Å². The Hall–Kier alpha value is -1.15. The summed E-state index contributed by atoms with van der Waals surface area (Å²) in [5.74, 6) is 0.462. The maximum atomic E-state index is 14.2. The minimum atomic E-state index is -0.517. The van der Waals surface area contributed by atoms with Gasteiger partial charge >= 0.3 is 5.70 Å². The lowest BCUT2D eigenvalue weighted by Crippen LogP contribution is -2.46. The largest absolute Gasteiger partial charge is 0.366 e. The average molecular weight is 581 g/mol. The highest BCUT2D eigenvalue weighted by Crippen LogP contribution is 2.35. The average Bonchev–Trinajstić information content (AvgIpc) is 2.86. The topological polar surface area (TPSA) is 49.6 Å². The minimum Gasteiger partial charge on any atom is -0.366 e. The van der Waals surface area contributed by atoms with Crippen LogP contribution in [0.4, 0.5) is 10.1 Å². The lowest BCUT2D eigenvalue weighted by molar-refractivity contribution is -0.421. The van der Waals surface area contributed by atoms with E-state index in [1.807, 2.05) is 9.80 Å². The van der Waals surface area contributed by atoms with Crippen molar-refractivity contribution in [3.05, 3.63) is 60.4 Å². The van der Waals surface area contributed by atoms with Crippen LogP contribution in [0.15, 0.2) is 44.5 Å². The van der Waals surface area contributed by atoms with Crippen molar-refractivity contribution in [2.45, 2.75) is 71.1 Å². The van der Waals surface area contributed by atoms with Crippen LogP contribution in [-0.4, -0.2) is 41.8 Å². The second-order valence-electron chi connectivity index (χ2n) is 8.94. The Morgan fingerprint density at radius 2 is 1.50 bits per heavy atom. The third kappa shape index (κ3) is 10.3. The molecule has 0 aliphatic carbocycles. The van der Waals surface area contributed by atoms with E-state index in [-0.39, 0.29) is 21.0 Å². The SMILES string of the molecule is CCCCCCCCCCCCS/C(=C(/C(Cl)=C(Cl)Cl)[N+](=O)[O-])N1CCN(c2ccccc2F)CC1. The Morgan fingerprint density at radius 1 is 0.944 bits per heavy atom. The molecule has 1 saturated heterocycles. The van der Waals surface area contributed by atoms with E-state index in [1.165, 1.54) is 69.2 Å². The van der Waals surface area contributed by atoms with Crippen LogP contribution < -0.4 is 4.90 Å². The summed E-state index contributed by atoms with van der Waals surface area (Å²) in [6, 6.07) is 6.65. The fourth-order valence-corrected chi connectivity index (χ4v) is 5.88. The maximum absolute atomic E-state index is 14.2. The molecule has 1 heterocycles. The summed E-state index contributed by atoms with van der Waals surface area (Å²) in [6.07, 6.45) is 12.3. The van der Waals surface area contributed by atoms with Crippen molar-refractivity contribution in [3.8, 4) is 0 Å². The second-order valence-corrected chi connectivity index (χ2v) is 11.4. The van der Waals surface area contributed by atoms with Gasteiger partial charge in [-0.15, -0.1) is 11.8 Å². The molecule has 2 rings (SSSR count). The number of hydrogen-bond acceptors (Lipinski definition) is 5. The van der Waals surface area contributed by atoms with Gasteiger partial charge in [0, 0.05) is 26.2 Å². The number of piperazine rings is 1. The molecule has 0 bridgehead atoms. The van der Waals surface area contributed by atoms with Crippen molar-refractivity contribution in [2.24, 2.45) is 0 Å². The monoisotopic (exact) mass is 579 g/mol. The van der Waals surface area contributed by atoms with Crippen LogP contribution in [0.2, 0.25) is 0 Å². The second kappa shape index (κ2) is 17.4. The van der Waals surface area contributed by atoms with Crippen molar-refractivity contribution in [1.82, 2.24) is 4.90 Å². The van der Waals surface area contributed by atoms with E-state index < -0.39 is 4.92 Å². The van der Waals surface area contributed by atoms with Gasteiger partial charge < -0.3 is 9.80 Å². The van der Waals surface area contributed by atoms with Gasteiger partial charge in [0.25, 0.3) is 0 Å². The first-order valence-corrected chi connectivity index (χ1v) is 15.0. The van der Waals surface area contributed by atoms with Gasteiger partial charge in [0.05, 0.1) is 10.6 Å². The normalized spacial score (nSPS) is 14.6. The predicted molar refractivity (Wildman–Crippen MR) is 153 cm³/mol. The summed E-state index contributed by atoms with van der Waals surface area (Å²) in [5.41, 5.74) is 0.269. The molecule has 1 fully saturated rings. The predicted octanol–water partition coefficient (Wildman–Crippen LogP) is 8.93. The minimum absolute atomic E-state index is 0.259. The van der Waals surface area contributed by atoms with E-state index in [9.17, 15) is 14.5 Å². The number of rotatable bonds is 16. The number of benzene rings is 1. The Balaban J connectivity index is 1.96. The van der Waals surface area contributed by atoms with E-state index in [0.717, 1.165) is 18.6 Å². The zero-order chi connectivity index (χ0) is 26.3. The van der Waals surface area contributed by atoms with Crippen molar-refractivity contribution >= 4 is 52.3 Å². The molecule has 0 atom stereocenters. The molecule has 0 saturated carbocycles. The van der Waals surface area contributed by atoms with Gasteiger partial charge in [0.2, 0.25) is 0 Å². The Kier molecular flexibility index (Phi) is 15.0. The molecular formula is C26H37Cl3FN3O2S. The summed E-state index contributed by atoms with van der Waals surface area (Å²) in [6.45, 7) is 4.29. The molecule has 10 heteroatoms. The number of nitro groups is 1. The van der Waals surface area contributed by atoms with Crippen molar-refractivity contribution in [3.63, 3.8) is 0 Å². The molecule has 5 nitrogen and oxygen atoms in total. The summed E-state index contributed by atoms with van der Waals surface area (Å²) in [5, 5.41) is 12.2. The zero-order valence-electron chi connectivity index (χ0n) is 21.0. The van der Waals surface area contributed by atoms with E-state index in [1.54, 1.807) is 18.2 Å². The zero-order valence-corrected chi connectivity index (χ0v) is 24.1. The molecule has 0 unspecified atom stereocenters. The lowest BCUT2D eigenvalue weighted by Gasteiger charge is -2.38. The number of allylic oxidation sites excluding steroid dienone is 1. The van der Waals surface area contributed by atoms with Gasteiger partial charge in [-0.3, -0.25) is 10.1 Å².